The number of anilines is 3. The van der Waals surface area contributed by atoms with Crippen LogP contribution in [0.5, 0.6) is 0 Å². The van der Waals surface area contributed by atoms with Gasteiger partial charge in [-0.25, -0.2) is 9.97 Å². The van der Waals surface area contributed by atoms with Gasteiger partial charge in [-0.15, -0.1) is 11.3 Å². The first-order valence-electron chi connectivity index (χ1n) is 5.14. The number of hydrogen-bond acceptors (Lipinski definition) is 5. The third-order valence-corrected chi connectivity index (χ3v) is 3.34. The van der Waals surface area contributed by atoms with Crippen molar-refractivity contribution in [2.45, 2.75) is 0 Å². The second kappa shape index (κ2) is 4.03. The summed E-state index contributed by atoms with van der Waals surface area (Å²) in [6.45, 7) is 0. The number of nitrogen functional groups attached to an aromatic ring is 1. The van der Waals surface area contributed by atoms with Gasteiger partial charge in [-0.05, 0) is 35.0 Å². The molecule has 5 heteroatoms. The SMILES string of the molecule is Nc1nccnc1Nc1ccc2sccc2c1. The Morgan fingerprint density at radius 2 is 2.00 bits per heavy atom. The third kappa shape index (κ3) is 1.92. The monoisotopic (exact) mass is 242 g/mol. The molecule has 3 rings (SSSR count). The molecule has 2 aromatic heterocycles. The van der Waals surface area contributed by atoms with Crippen LogP contribution in [-0.4, -0.2) is 9.97 Å². The molecule has 0 fully saturated rings. The van der Waals surface area contributed by atoms with Crippen LogP contribution in [0, 0.1) is 0 Å². The van der Waals surface area contributed by atoms with E-state index < -0.39 is 0 Å². The van der Waals surface area contributed by atoms with Gasteiger partial charge in [0, 0.05) is 22.8 Å². The average molecular weight is 242 g/mol. The lowest BCUT2D eigenvalue weighted by atomic mass is 10.2. The fourth-order valence-electron chi connectivity index (χ4n) is 1.63. The van der Waals surface area contributed by atoms with E-state index in [-0.39, 0.29) is 0 Å². The normalized spacial score (nSPS) is 10.6. The lowest BCUT2D eigenvalue weighted by Gasteiger charge is -2.06. The van der Waals surface area contributed by atoms with Gasteiger partial charge in [0.15, 0.2) is 11.6 Å². The maximum Gasteiger partial charge on any atom is 0.173 e. The Morgan fingerprint density at radius 3 is 2.88 bits per heavy atom. The van der Waals surface area contributed by atoms with Gasteiger partial charge in [0.1, 0.15) is 0 Å². The second-order valence-corrected chi connectivity index (χ2v) is 4.54. The Morgan fingerprint density at radius 1 is 1.12 bits per heavy atom. The fourth-order valence-corrected chi connectivity index (χ4v) is 2.40. The van der Waals surface area contributed by atoms with Crippen molar-refractivity contribution in [3.8, 4) is 0 Å². The number of fused-ring (bicyclic) bond motifs is 1. The Labute approximate surface area is 102 Å². The number of aromatic nitrogens is 2. The van der Waals surface area contributed by atoms with Crippen molar-refractivity contribution in [3.63, 3.8) is 0 Å². The molecule has 0 radical (unpaired) electrons. The molecule has 0 unspecified atom stereocenters. The van der Waals surface area contributed by atoms with Crippen LogP contribution in [0.2, 0.25) is 0 Å². The summed E-state index contributed by atoms with van der Waals surface area (Å²) in [4.78, 5) is 8.13. The molecule has 0 atom stereocenters. The summed E-state index contributed by atoms with van der Waals surface area (Å²) >= 11 is 1.73. The van der Waals surface area contributed by atoms with Crippen LogP contribution in [0.1, 0.15) is 0 Å². The molecule has 17 heavy (non-hydrogen) atoms. The fraction of sp³-hybridized carbons (Fsp3) is 0. The zero-order chi connectivity index (χ0) is 11.7. The molecule has 3 aromatic rings. The molecular weight excluding hydrogens is 232 g/mol. The minimum absolute atomic E-state index is 0.401. The zero-order valence-corrected chi connectivity index (χ0v) is 9.74. The number of nitrogens with one attached hydrogen (secondary N) is 1. The van der Waals surface area contributed by atoms with Crippen LogP contribution in [-0.2, 0) is 0 Å². The summed E-state index contributed by atoms with van der Waals surface area (Å²) < 4.78 is 1.27. The number of rotatable bonds is 2. The van der Waals surface area contributed by atoms with Crippen LogP contribution < -0.4 is 11.1 Å². The Bertz CT molecular complexity index is 662. The van der Waals surface area contributed by atoms with Gasteiger partial charge in [-0.3, -0.25) is 0 Å². The summed E-state index contributed by atoms with van der Waals surface area (Å²) in [5.74, 6) is 0.986. The minimum Gasteiger partial charge on any atom is -0.381 e. The van der Waals surface area contributed by atoms with E-state index in [9.17, 15) is 0 Å². The molecule has 1 aromatic carbocycles. The molecule has 2 heterocycles. The van der Waals surface area contributed by atoms with E-state index in [0.29, 0.717) is 11.6 Å². The lowest BCUT2D eigenvalue weighted by molar-refractivity contribution is 1.21. The van der Waals surface area contributed by atoms with Gasteiger partial charge in [-0.1, -0.05) is 0 Å². The van der Waals surface area contributed by atoms with Gasteiger partial charge < -0.3 is 11.1 Å². The van der Waals surface area contributed by atoms with Crippen molar-refractivity contribution in [3.05, 3.63) is 42.0 Å². The van der Waals surface area contributed by atoms with Crippen LogP contribution in [0.4, 0.5) is 17.3 Å². The number of thiophene rings is 1. The highest BCUT2D eigenvalue weighted by molar-refractivity contribution is 7.17. The number of hydrogen-bond donors (Lipinski definition) is 2. The van der Waals surface area contributed by atoms with E-state index in [1.54, 1.807) is 23.7 Å². The Balaban J connectivity index is 1.97. The Kier molecular flexibility index (Phi) is 2.38. The maximum atomic E-state index is 5.73. The zero-order valence-electron chi connectivity index (χ0n) is 8.92. The summed E-state index contributed by atoms with van der Waals surface area (Å²) in [5, 5.41) is 6.45. The summed E-state index contributed by atoms with van der Waals surface area (Å²) in [6, 6.07) is 8.24. The van der Waals surface area contributed by atoms with E-state index in [0.717, 1.165) is 5.69 Å². The standard InChI is InChI=1S/C12H10N4S/c13-11-12(15-5-4-14-11)16-9-1-2-10-8(7-9)3-6-17-10/h1-7H,(H2,13,14)(H,15,16). The molecular formula is C12H10N4S. The van der Waals surface area contributed by atoms with Crippen molar-refractivity contribution in [1.29, 1.82) is 0 Å². The van der Waals surface area contributed by atoms with Crippen LogP contribution in [0.3, 0.4) is 0 Å². The van der Waals surface area contributed by atoms with Crippen molar-refractivity contribution >= 4 is 38.7 Å². The number of nitrogens with two attached hydrogens (primary N) is 1. The van der Waals surface area contributed by atoms with Gasteiger partial charge in [0.25, 0.3) is 0 Å². The molecule has 0 aliphatic rings. The molecule has 3 N–H and O–H groups in total. The molecule has 0 saturated heterocycles. The van der Waals surface area contributed by atoms with Gasteiger partial charge in [-0.2, -0.15) is 0 Å². The van der Waals surface area contributed by atoms with Crippen molar-refractivity contribution in [2.24, 2.45) is 0 Å². The van der Waals surface area contributed by atoms with Crippen molar-refractivity contribution in [1.82, 2.24) is 9.97 Å². The van der Waals surface area contributed by atoms with E-state index in [2.05, 4.69) is 38.9 Å². The minimum atomic E-state index is 0.401. The van der Waals surface area contributed by atoms with Crippen molar-refractivity contribution < 1.29 is 0 Å². The summed E-state index contributed by atoms with van der Waals surface area (Å²) in [5.41, 5.74) is 6.69. The predicted molar refractivity (Wildman–Crippen MR) is 71.6 cm³/mol. The molecule has 0 aliphatic heterocycles. The average Bonchev–Trinajstić information content (AvgIpc) is 2.79. The summed E-state index contributed by atoms with van der Waals surface area (Å²) in [7, 11) is 0. The van der Waals surface area contributed by atoms with E-state index in [1.807, 2.05) is 6.07 Å². The summed E-state index contributed by atoms with van der Waals surface area (Å²) in [6.07, 6.45) is 3.18. The number of benzene rings is 1. The first-order chi connectivity index (χ1) is 8.33. The van der Waals surface area contributed by atoms with E-state index in [4.69, 9.17) is 5.73 Å². The highest BCUT2D eigenvalue weighted by Crippen LogP contribution is 2.26. The van der Waals surface area contributed by atoms with Crippen LogP contribution in [0.25, 0.3) is 10.1 Å². The first-order valence-corrected chi connectivity index (χ1v) is 6.02. The molecule has 0 saturated carbocycles. The van der Waals surface area contributed by atoms with Crippen molar-refractivity contribution in [2.75, 3.05) is 11.1 Å². The largest absolute Gasteiger partial charge is 0.381 e. The van der Waals surface area contributed by atoms with Gasteiger partial charge in [0.2, 0.25) is 0 Å². The second-order valence-electron chi connectivity index (χ2n) is 3.59. The van der Waals surface area contributed by atoms with Crippen LogP contribution >= 0.6 is 11.3 Å². The van der Waals surface area contributed by atoms with Gasteiger partial charge >= 0.3 is 0 Å². The highest BCUT2D eigenvalue weighted by Gasteiger charge is 2.02. The lowest BCUT2D eigenvalue weighted by Crippen LogP contribution is -2.00. The molecule has 0 bridgehead atoms. The molecule has 0 aliphatic carbocycles. The maximum absolute atomic E-state index is 5.73. The molecule has 84 valence electrons. The molecule has 0 amide bonds. The highest BCUT2D eigenvalue weighted by atomic mass is 32.1. The quantitative estimate of drug-likeness (QED) is 0.725. The molecule has 4 nitrogen and oxygen atoms in total. The van der Waals surface area contributed by atoms with Crippen LogP contribution in [0.15, 0.2) is 42.0 Å². The molecule has 0 spiro atoms. The third-order valence-electron chi connectivity index (χ3n) is 2.44. The van der Waals surface area contributed by atoms with E-state index >= 15 is 0 Å². The smallest absolute Gasteiger partial charge is 0.173 e. The van der Waals surface area contributed by atoms with Gasteiger partial charge in [0.05, 0.1) is 0 Å². The predicted octanol–water partition coefficient (Wildman–Crippen LogP) is 3.02. The van der Waals surface area contributed by atoms with E-state index in [1.165, 1.54) is 10.1 Å². The first kappa shape index (κ1) is 10.0. The Hall–Kier alpha value is -2.14. The number of nitrogens with zero attached hydrogens (tertiary/aromatic N) is 2. The topological polar surface area (TPSA) is 63.8 Å².